The number of nitrogens with one attached hydrogen (secondary N) is 1. The van der Waals surface area contributed by atoms with Crippen LogP contribution in [-0.4, -0.2) is 46.2 Å². The number of aryl methyl sites for hydroxylation is 1. The zero-order valence-corrected chi connectivity index (χ0v) is 15.0. The molecule has 0 unspecified atom stereocenters. The highest BCUT2D eigenvalue weighted by molar-refractivity contribution is 6.06. The first-order valence-electron chi connectivity index (χ1n) is 8.29. The van der Waals surface area contributed by atoms with Crippen LogP contribution in [0.15, 0.2) is 33.9 Å². The zero-order valence-electron chi connectivity index (χ0n) is 15.0. The number of hydrogen-bond acceptors (Lipinski definition) is 5. The van der Waals surface area contributed by atoms with E-state index < -0.39 is 0 Å². The Morgan fingerprint density at radius 3 is 2.56 bits per heavy atom. The summed E-state index contributed by atoms with van der Waals surface area (Å²) in [5.74, 6) is 0. The van der Waals surface area contributed by atoms with Gasteiger partial charge in [0.05, 0.1) is 11.2 Å². The predicted molar refractivity (Wildman–Crippen MR) is 101 cm³/mol. The van der Waals surface area contributed by atoms with Crippen LogP contribution in [0.4, 0.5) is 5.69 Å². The first-order valence-corrected chi connectivity index (χ1v) is 8.29. The fourth-order valence-corrected chi connectivity index (χ4v) is 3.01. The van der Waals surface area contributed by atoms with Gasteiger partial charge in [0.15, 0.2) is 5.65 Å². The van der Waals surface area contributed by atoms with Crippen molar-refractivity contribution in [2.75, 3.05) is 32.5 Å². The smallest absolute Gasteiger partial charge is 0.332 e. The number of hydrogen-bond donors (Lipinski definition) is 1. The number of aromatic nitrogens is 3. The molecule has 0 amide bonds. The first-order chi connectivity index (χ1) is 11.9. The van der Waals surface area contributed by atoms with Crippen LogP contribution < -0.4 is 16.6 Å². The molecule has 0 spiro atoms. The summed E-state index contributed by atoms with van der Waals surface area (Å²) in [5.41, 5.74) is 1.20. The van der Waals surface area contributed by atoms with Gasteiger partial charge in [0, 0.05) is 26.0 Å². The Hall–Kier alpha value is -2.67. The third-order valence-electron chi connectivity index (χ3n) is 4.37. The molecule has 3 aromatic rings. The molecule has 132 valence electrons. The van der Waals surface area contributed by atoms with Crippen molar-refractivity contribution in [3.05, 3.63) is 45.1 Å². The molecule has 7 nitrogen and oxygen atoms in total. The molecule has 3 rings (SSSR count). The van der Waals surface area contributed by atoms with Crippen molar-refractivity contribution in [3.63, 3.8) is 0 Å². The molecule has 0 aliphatic rings. The van der Waals surface area contributed by atoms with Gasteiger partial charge in [-0.15, -0.1) is 0 Å². The van der Waals surface area contributed by atoms with Crippen LogP contribution in [0.25, 0.3) is 21.9 Å². The molecule has 7 heteroatoms. The molecule has 0 saturated carbocycles. The maximum Gasteiger partial charge on any atom is 0.332 e. The maximum atomic E-state index is 12.8. The summed E-state index contributed by atoms with van der Waals surface area (Å²) in [6.45, 7) is 1.68. The quantitative estimate of drug-likeness (QED) is 0.557. The van der Waals surface area contributed by atoms with Gasteiger partial charge in [0.2, 0.25) is 0 Å². The summed E-state index contributed by atoms with van der Waals surface area (Å²) in [6, 6.07) is 7.66. The van der Waals surface area contributed by atoms with Crippen molar-refractivity contribution in [3.8, 4) is 0 Å². The summed E-state index contributed by atoms with van der Waals surface area (Å²) in [5, 5.41) is 4.74. The fourth-order valence-electron chi connectivity index (χ4n) is 3.01. The number of para-hydroxylation sites is 1. The zero-order chi connectivity index (χ0) is 18.1. The van der Waals surface area contributed by atoms with E-state index in [9.17, 15) is 9.59 Å². The van der Waals surface area contributed by atoms with Gasteiger partial charge < -0.3 is 10.2 Å². The highest BCUT2D eigenvalue weighted by Crippen LogP contribution is 2.27. The van der Waals surface area contributed by atoms with E-state index in [0.717, 1.165) is 40.7 Å². The fraction of sp³-hybridized carbons (Fsp3) is 0.389. The van der Waals surface area contributed by atoms with E-state index in [0.29, 0.717) is 11.0 Å². The topological polar surface area (TPSA) is 72.2 Å². The Balaban J connectivity index is 2.26. The number of nitrogens with zero attached hydrogens (tertiary/aromatic N) is 4. The van der Waals surface area contributed by atoms with Crippen LogP contribution in [-0.2, 0) is 14.1 Å². The van der Waals surface area contributed by atoms with E-state index in [1.54, 1.807) is 7.05 Å². The van der Waals surface area contributed by atoms with E-state index in [-0.39, 0.29) is 11.2 Å². The molecular weight excluding hydrogens is 318 g/mol. The summed E-state index contributed by atoms with van der Waals surface area (Å²) in [6.07, 6.45) is 0.942. The van der Waals surface area contributed by atoms with E-state index in [1.807, 2.05) is 38.4 Å². The Morgan fingerprint density at radius 1 is 1.12 bits per heavy atom. The number of fused-ring (bicyclic) bond motifs is 2. The molecule has 2 aromatic heterocycles. The van der Waals surface area contributed by atoms with Gasteiger partial charge in [0.1, 0.15) is 5.39 Å². The molecule has 0 fully saturated rings. The molecule has 2 heterocycles. The Kier molecular flexibility index (Phi) is 4.59. The van der Waals surface area contributed by atoms with Crippen molar-refractivity contribution < 1.29 is 0 Å². The lowest BCUT2D eigenvalue weighted by Crippen LogP contribution is -2.37. The van der Waals surface area contributed by atoms with Crippen LogP contribution in [0.5, 0.6) is 0 Å². The molecule has 25 heavy (non-hydrogen) atoms. The number of rotatable bonds is 5. The van der Waals surface area contributed by atoms with E-state index in [1.165, 1.54) is 11.6 Å². The Labute approximate surface area is 145 Å². The second-order valence-electron chi connectivity index (χ2n) is 6.49. The monoisotopic (exact) mass is 341 g/mol. The van der Waals surface area contributed by atoms with Crippen LogP contribution in [0.3, 0.4) is 0 Å². The normalized spacial score (nSPS) is 11.6. The van der Waals surface area contributed by atoms with Gasteiger partial charge in [-0.1, -0.05) is 18.2 Å². The maximum absolute atomic E-state index is 12.8. The van der Waals surface area contributed by atoms with E-state index in [2.05, 4.69) is 15.2 Å². The number of anilines is 1. The van der Waals surface area contributed by atoms with Gasteiger partial charge in [-0.05, 0) is 33.1 Å². The van der Waals surface area contributed by atoms with E-state index in [4.69, 9.17) is 0 Å². The van der Waals surface area contributed by atoms with Crippen molar-refractivity contribution in [2.45, 2.75) is 6.42 Å². The SMILES string of the molecule is CN(C)CCCNc1c2ccccc2nc2c1c(=O)n(C)c(=O)n2C. The highest BCUT2D eigenvalue weighted by Gasteiger charge is 2.16. The van der Waals surface area contributed by atoms with Gasteiger partial charge in [-0.2, -0.15) is 0 Å². The standard InChI is InChI=1S/C18H23N5O2/c1-21(2)11-7-10-19-15-12-8-5-6-9-13(12)20-16-14(15)17(24)23(4)18(25)22(16)3/h5-6,8-9H,7,10-11H2,1-4H3,(H,19,20). The van der Waals surface area contributed by atoms with Gasteiger partial charge in [-0.25, -0.2) is 9.78 Å². The predicted octanol–water partition coefficient (Wildman–Crippen LogP) is 1.15. The number of pyridine rings is 1. The second-order valence-corrected chi connectivity index (χ2v) is 6.49. The summed E-state index contributed by atoms with van der Waals surface area (Å²) in [4.78, 5) is 31.7. The highest BCUT2D eigenvalue weighted by atomic mass is 16.2. The average Bonchev–Trinajstić information content (AvgIpc) is 2.60. The largest absolute Gasteiger partial charge is 0.384 e. The third kappa shape index (κ3) is 3.02. The summed E-state index contributed by atoms with van der Waals surface area (Å²) >= 11 is 0. The minimum Gasteiger partial charge on any atom is -0.384 e. The lowest BCUT2D eigenvalue weighted by Gasteiger charge is -2.16. The van der Waals surface area contributed by atoms with Crippen LogP contribution in [0.2, 0.25) is 0 Å². The molecule has 0 aliphatic heterocycles. The molecule has 0 saturated heterocycles. The summed E-state index contributed by atoms with van der Waals surface area (Å²) < 4.78 is 2.55. The second kappa shape index (κ2) is 6.68. The Morgan fingerprint density at radius 2 is 1.84 bits per heavy atom. The molecule has 0 aliphatic carbocycles. The van der Waals surface area contributed by atoms with Crippen molar-refractivity contribution in [2.24, 2.45) is 14.1 Å². The Bertz CT molecular complexity index is 1050. The third-order valence-corrected chi connectivity index (χ3v) is 4.37. The summed E-state index contributed by atoms with van der Waals surface area (Å²) in [7, 11) is 7.20. The minimum absolute atomic E-state index is 0.327. The molecule has 1 aromatic carbocycles. The molecular formula is C18H23N5O2. The average molecular weight is 341 g/mol. The van der Waals surface area contributed by atoms with Crippen LogP contribution in [0.1, 0.15) is 6.42 Å². The first kappa shape index (κ1) is 17.2. The van der Waals surface area contributed by atoms with Crippen LogP contribution >= 0.6 is 0 Å². The lowest BCUT2D eigenvalue weighted by molar-refractivity contribution is 0.405. The van der Waals surface area contributed by atoms with Gasteiger partial charge in [-0.3, -0.25) is 13.9 Å². The van der Waals surface area contributed by atoms with Crippen molar-refractivity contribution in [1.29, 1.82) is 0 Å². The molecule has 0 atom stereocenters. The van der Waals surface area contributed by atoms with Crippen molar-refractivity contribution >= 4 is 27.6 Å². The van der Waals surface area contributed by atoms with Gasteiger partial charge >= 0.3 is 5.69 Å². The molecule has 1 N–H and O–H groups in total. The number of benzene rings is 1. The van der Waals surface area contributed by atoms with Crippen molar-refractivity contribution in [1.82, 2.24) is 19.0 Å². The van der Waals surface area contributed by atoms with Crippen LogP contribution in [0, 0.1) is 0 Å². The van der Waals surface area contributed by atoms with Gasteiger partial charge in [0.25, 0.3) is 5.56 Å². The van der Waals surface area contributed by atoms with E-state index >= 15 is 0 Å². The molecule has 0 radical (unpaired) electrons. The lowest BCUT2D eigenvalue weighted by atomic mass is 10.1. The minimum atomic E-state index is -0.376. The molecule has 0 bridgehead atoms.